The van der Waals surface area contributed by atoms with Crippen molar-refractivity contribution in [1.29, 1.82) is 0 Å². The molecule has 1 amide bonds. The number of aromatic nitrogens is 1. The smallest absolute Gasteiger partial charge is 0.393 e. The van der Waals surface area contributed by atoms with E-state index in [0.29, 0.717) is 24.2 Å². The van der Waals surface area contributed by atoms with Crippen LogP contribution >= 0.6 is 0 Å². The summed E-state index contributed by atoms with van der Waals surface area (Å²) in [5.41, 5.74) is -0.00611. The van der Waals surface area contributed by atoms with Crippen LogP contribution in [0.4, 0.5) is 17.6 Å². The van der Waals surface area contributed by atoms with Gasteiger partial charge in [0.25, 0.3) is 5.91 Å². The van der Waals surface area contributed by atoms with E-state index in [4.69, 9.17) is 0 Å². The quantitative estimate of drug-likeness (QED) is 0.498. The zero-order valence-electron chi connectivity index (χ0n) is 19.4. The fraction of sp³-hybridized carbons (Fsp3) is 0.577. The average molecular weight is 481 g/mol. The Morgan fingerprint density at radius 2 is 1.74 bits per heavy atom. The van der Waals surface area contributed by atoms with Crippen LogP contribution in [0.1, 0.15) is 79.4 Å². The van der Waals surface area contributed by atoms with E-state index in [0.717, 1.165) is 69.6 Å². The number of carbonyl (C=O) groups excluding carboxylic acids is 1. The van der Waals surface area contributed by atoms with Crippen LogP contribution in [-0.4, -0.2) is 27.7 Å². The first kappa shape index (κ1) is 24.8. The van der Waals surface area contributed by atoms with Gasteiger partial charge in [-0.15, -0.1) is 0 Å². The normalized spacial score (nSPS) is 22.1. The average Bonchev–Trinajstić information content (AvgIpc) is 3.11. The monoisotopic (exact) mass is 480 g/mol. The maximum absolute atomic E-state index is 14.9. The van der Waals surface area contributed by atoms with Gasteiger partial charge in [0, 0.05) is 29.8 Å². The Morgan fingerprint density at radius 3 is 2.41 bits per heavy atom. The Hall–Kier alpha value is -2.35. The lowest BCUT2D eigenvalue weighted by atomic mass is 9.86. The summed E-state index contributed by atoms with van der Waals surface area (Å²) in [5, 5.41) is 13.6. The summed E-state index contributed by atoms with van der Waals surface area (Å²) in [5.74, 6) is -1.18. The van der Waals surface area contributed by atoms with Crippen LogP contribution in [0, 0.1) is 18.7 Å². The second-order valence-electron chi connectivity index (χ2n) is 9.75. The summed E-state index contributed by atoms with van der Waals surface area (Å²) in [6.45, 7) is 2.05. The van der Waals surface area contributed by atoms with E-state index in [1.165, 1.54) is 6.07 Å². The fourth-order valence-corrected chi connectivity index (χ4v) is 5.38. The van der Waals surface area contributed by atoms with E-state index in [2.05, 4.69) is 5.32 Å². The van der Waals surface area contributed by atoms with E-state index < -0.39 is 23.7 Å². The van der Waals surface area contributed by atoms with Gasteiger partial charge >= 0.3 is 6.18 Å². The molecule has 4 rings (SSSR count). The highest BCUT2D eigenvalue weighted by atomic mass is 19.4. The number of nitrogens with zero attached hydrogens (tertiary/aromatic N) is 1. The van der Waals surface area contributed by atoms with Gasteiger partial charge in [-0.1, -0.05) is 32.1 Å². The molecule has 2 fully saturated rings. The second-order valence-corrected chi connectivity index (χ2v) is 9.75. The van der Waals surface area contributed by atoms with Crippen LogP contribution in [0.3, 0.4) is 0 Å². The Balaban J connectivity index is 1.75. The minimum atomic E-state index is -4.62. The molecule has 0 bridgehead atoms. The summed E-state index contributed by atoms with van der Waals surface area (Å²) in [6.07, 6.45) is 3.19. The number of alkyl halides is 3. The molecule has 1 heterocycles. The molecule has 2 atom stereocenters. The number of amides is 1. The maximum Gasteiger partial charge on any atom is 0.416 e. The van der Waals surface area contributed by atoms with Gasteiger partial charge in [-0.25, -0.2) is 4.39 Å². The molecule has 2 aliphatic carbocycles. The summed E-state index contributed by atoms with van der Waals surface area (Å²) in [7, 11) is 0. The number of benzene rings is 1. The first-order valence-corrected chi connectivity index (χ1v) is 12.2. The molecule has 1 aromatic heterocycles. The predicted molar refractivity (Wildman–Crippen MR) is 122 cm³/mol. The summed E-state index contributed by atoms with van der Waals surface area (Å²) >= 11 is 0. The van der Waals surface area contributed by atoms with Gasteiger partial charge in [0.15, 0.2) is 0 Å². The van der Waals surface area contributed by atoms with Gasteiger partial charge in [0.05, 0.1) is 22.9 Å². The van der Waals surface area contributed by atoms with Crippen LogP contribution in [0.2, 0.25) is 0 Å². The number of hydrogen-bond donors (Lipinski definition) is 2. The molecular weight excluding hydrogens is 448 g/mol. The Kier molecular flexibility index (Phi) is 7.36. The van der Waals surface area contributed by atoms with Crippen LogP contribution in [-0.2, 0) is 12.7 Å². The summed E-state index contributed by atoms with van der Waals surface area (Å²) in [6, 6.07) is 3.92. The predicted octanol–water partition coefficient (Wildman–Crippen LogP) is 6.24. The van der Waals surface area contributed by atoms with E-state index in [1.54, 1.807) is 11.5 Å². The van der Waals surface area contributed by atoms with Crippen LogP contribution < -0.4 is 5.32 Å². The number of hydrogen-bond acceptors (Lipinski definition) is 2. The van der Waals surface area contributed by atoms with Crippen molar-refractivity contribution in [1.82, 2.24) is 9.88 Å². The van der Waals surface area contributed by atoms with Crippen molar-refractivity contribution in [2.45, 2.75) is 89.6 Å². The molecule has 2 N–H and O–H groups in total. The lowest BCUT2D eigenvalue weighted by molar-refractivity contribution is -0.137. The van der Waals surface area contributed by atoms with Gasteiger partial charge in [-0.05, 0) is 56.9 Å². The van der Waals surface area contributed by atoms with Crippen molar-refractivity contribution in [3.05, 3.63) is 46.9 Å². The topological polar surface area (TPSA) is 54.3 Å². The third kappa shape index (κ3) is 5.32. The van der Waals surface area contributed by atoms with Gasteiger partial charge < -0.3 is 15.0 Å². The van der Waals surface area contributed by atoms with Gasteiger partial charge in [-0.2, -0.15) is 13.2 Å². The standard InChI is InChI=1S/C26H32F4N2O2/c1-16-20(25(34)31-19-8-3-2-4-9-19)14-23(32(16)15-17-7-5-6-10-24(17)33)21-13-18(26(28,29)30)11-12-22(21)27/h11-14,17,19,24,33H,2-10,15H2,1H3,(H,31,34)/t17-,24-/m1/s1. The molecule has 0 spiro atoms. The molecule has 2 aliphatic rings. The Morgan fingerprint density at radius 1 is 1.06 bits per heavy atom. The van der Waals surface area contributed by atoms with E-state index >= 15 is 0 Å². The largest absolute Gasteiger partial charge is 0.416 e. The first-order valence-electron chi connectivity index (χ1n) is 12.2. The maximum atomic E-state index is 14.9. The molecule has 0 aliphatic heterocycles. The zero-order chi connectivity index (χ0) is 24.5. The van der Waals surface area contributed by atoms with Gasteiger partial charge in [0.1, 0.15) is 5.82 Å². The molecule has 0 unspecified atom stereocenters. The van der Waals surface area contributed by atoms with Crippen molar-refractivity contribution < 1.29 is 27.5 Å². The third-order valence-electron chi connectivity index (χ3n) is 7.41. The van der Waals surface area contributed by atoms with Crippen molar-refractivity contribution in [3.8, 4) is 11.3 Å². The molecule has 0 saturated heterocycles. The van der Waals surface area contributed by atoms with E-state index in [-0.39, 0.29) is 29.1 Å². The van der Waals surface area contributed by atoms with Crippen LogP contribution in [0.25, 0.3) is 11.3 Å². The Labute approximate surface area is 197 Å². The number of rotatable bonds is 5. The number of aliphatic hydroxyl groups excluding tert-OH is 1. The summed E-state index contributed by atoms with van der Waals surface area (Å²) in [4.78, 5) is 13.2. The molecule has 0 radical (unpaired) electrons. The highest BCUT2D eigenvalue weighted by Crippen LogP contribution is 2.36. The number of halogens is 4. The molecule has 4 nitrogen and oxygen atoms in total. The van der Waals surface area contributed by atoms with Gasteiger partial charge in [0.2, 0.25) is 0 Å². The van der Waals surface area contributed by atoms with E-state index in [9.17, 15) is 27.5 Å². The van der Waals surface area contributed by atoms with Crippen LogP contribution in [0.5, 0.6) is 0 Å². The minimum Gasteiger partial charge on any atom is -0.393 e. The molecule has 34 heavy (non-hydrogen) atoms. The molecule has 2 aromatic rings. The lowest BCUT2D eigenvalue weighted by Crippen LogP contribution is -2.36. The first-order chi connectivity index (χ1) is 16.1. The second kappa shape index (κ2) is 10.1. The van der Waals surface area contributed by atoms with E-state index in [1.807, 2.05) is 0 Å². The number of nitrogens with one attached hydrogen (secondary N) is 1. The molecule has 2 saturated carbocycles. The number of aliphatic hydroxyl groups is 1. The fourth-order valence-electron chi connectivity index (χ4n) is 5.38. The molecule has 186 valence electrons. The minimum absolute atomic E-state index is 0.0675. The van der Waals surface area contributed by atoms with Crippen molar-refractivity contribution >= 4 is 5.91 Å². The lowest BCUT2D eigenvalue weighted by Gasteiger charge is -2.29. The zero-order valence-corrected chi connectivity index (χ0v) is 19.4. The highest BCUT2D eigenvalue weighted by Gasteiger charge is 2.33. The van der Waals surface area contributed by atoms with Gasteiger partial charge in [-0.3, -0.25) is 4.79 Å². The molecule has 1 aromatic carbocycles. The van der Waals surface area contributed by atoms with Crippen molar-refractivity contribution in [2.75, 3.05) is 0 Å². The molecule has 8 heteroatoms. The molecular formula is C26H32F4N2O2. The SMILES string of the molecule is Cc1c(C(=O)NC2CCCCC2)cc(-c2cc(C(F)(F)F)ccc2F)n1C[C@H]1CCCC[C@H]1O. The Bertz CT molecular complexity index is 1020. The third-order valence-corrected chi connectivity index (χ3v) is 7.41. The number of carbonyl (C=O) groups is 1. The highest BCUT2D eigenvalue weighted by molar-refractivity contribution is 5.97. The van der Waals surface area contributed by atoms with Crippen LogP contribution in [0.15, 0.2) is 24.3 Å². The van der Waals surface area contributed by atoms with Crippen molar-refractivity contribution in [2.24, 2.45) is 5.92 Å². The summed E-state index contributed by atoms with van der Waals surface area (Å²) < 4.78 is 56.7. The van der Waals surface area contributed by atoms with Crippen molar-refractivity contribution in [3.63, 3.8) is 0 Å².